The lowest BCUT2D eigenvalue weighted by Gasteiger charge is -2.23. The summed E-state index contributed by atoms with van der Waals surface area (Å²) in [7, 11) is 0. The topological polar surface area (TPSA) is 52.8 Å². The Morgan fingerprint density at radius 2 is 2.06 bits per heavy atom. The molecule has 18 heavy (non-hydrogen) atoms. The quantitative estimate of drug-likeness (QED) is 0.845. The van der Waals surface area contributed by atoms with Crippen molar-refractivity contribution in [3.8, 4) is 6.07 Å². The zero-order valence-electron chi connectivity index (χ0n) is 9.62. The minimum atomic E-state index is 0.398. The molecule has 1 aromatic heterocycles. The average Bonchev–Trinajstić information content (AvgIpc) is 2.42. The number of nitrogens with zero attached hydrogens (tertiary/aromatic N) is 4. The monoisotopic (exact) mass is 258 g/mol. The van der Waals surface area contributed by atoms with E-state index in [4.69, 9.17) is 16.9 Å². The van der Waals surface area contributed by atoms with Crippen LogP contribution in [0.5, 0.6) is 0 Å². The van der Waals surface area contributed by atoms with Crippen LogP contribution in [0, 0.1) is 11.3 Å². The van der Waals surface area contributed by atoms with Gasteiger partial charge in [-0.05, 0) is 12.1 Å². The fourth-order valence-electron chi connectivity index (χ4n) is 1.63. The highest BCUT2D eigenvalue weighted by molar-refractivity contribution is 6.32. The van der Waals surface area contributed by atoms with Crippen molar-refractivity contribution in [3.05, 3.63) is 47.9 Å². The number of halogens is 1. The number of nitriles is 1. The lowest BCUT2D eigenvalue weighted by Crippen LogP contribution is -2.19. The van der Waals surface area contributed by atoms with Gasteiger partial charge in [0.1, 0.15) is 11.3 Å². The van der Waals surface area contributed by atoms with Gasteiger partial charge in [0.2, 0.25) is 0 Å². The predicted octanol–water partition coefficient (Wildman–Crippen LogP) is 3.18. The molecule has 1 heterocycles. The lowest BCUT2D eigenvalue weighted by atomic mass is 10.2. The fourth-order valence-corrected chi connectivity index (χ4v) is 1.84. The highest BCUT2D eigenvalue weighted by Gasteiger charge is 2.13. The SMILES string of the molecule is N#CCCN(c1ccccc1)c1ncncc1Cl. The maximum absolute atomic E-state index is 8.74. The molecule has 0 aliphatic heterocycles. The molecule has 90 valence electrons. The molecule has 0 amide bonds. The molecule has 0 aliphatic rings. The van der Waals surface area contributed by atoms with Crippen molar-refractivity contribution in [3.63, 3.8) is 0 Å². The lowest BCUT2D eigenvalue weighted by molar-refractivity contribution is 0.920. The Labute approximate surface area is 110 Å². The summed E-state index contributed by atoms with van der Waals surface area (Å²) in [5.74, 6) is 0.619. The van der Waals surface area contributed by atoms with Crippen molar-refractivity contribution >= 4 is 23.1 Å². The van der Waals surface area contributed by atoms with Crippen molar-refractivity contribution in [2.45, 2.75) is 6.42 Å². The van der Waals surface area contributed by atoms with Crippen molar-refractivity contribution in [2.75, 3.05) is 11.4 Å². The van der Waals surface area contributed by atoms with Crippen LogP contribution in [-0.2, 0) is 0 Å². The number of hydrogen-bond acceptors (Lipinski definition) is 4. The molecular formula is C13H11ClN4. The van der Waals surface area contributed by atoms with Crippen LogP contribution in [0.2, 0.25) is 5.02 Å². The van der Waals surface area contributed by atoms with E-state index in [1.807, 2.05) is 35.2 Å². The van der Waals surface area contributed by atoms with Crippen LogP contribution in [0.3, 0.4) is 0 Å². The van der Waals surface area contributed by atoms with E-state index in [0.717, 1.165) is 5.69 Å². The number of para-hydroxylation sites is 1. The van der Waals surface area contributed by atoms with Crippen LogP contribution in [0.1, 0.15) is 6.42 Å². The Morgan fingerprint density at radius 1 is 1.28 bits per heavy atom. The number of hydrogen-bond donors (Lipinski definition) is 0. The summed E-state index contributed by atoms with van der Waals surface area (Å²) in [5.41, 5.74) is 0.952. The van der Waals surface area contributed by atoms with E-state index in [-0.39, 0.29) is 0 Å². The van der Waals surface area contributed by atoms with Gasteiger partial charge >= 0.3 is 0 Å². The van der Waals surface area contributed by atoms with Gasteiger partial charge in [-0.3, -0.25) is 0 Å². The van der Waals surface area contributed by atoms with Gasteiger partial charge in [-0.1, -0.05) is 29.8 Å². The second-order valence-electron chi connectivity index (χ2n) is 3.59. The first kappa shape index (κ1) is 12.3. The van der Waals surface area contributed by atoms with Crippen LogP contribution in [-0.4, -0.2) is 16.5 Å². The third kappa shape index (κ3) is 2.76. The predicted molar refractivity (Wildman–Crippen MR) is 70.7 cm³/mol. The van der Waals surface area contributed by atoms with Crippen molar-refractivity contribution in [1.82, 2.24) is 9.97 Å². The first-order valence-electron chi connectivity index (χ1n) is 5.48. The maximum Gasteiger partial charge on any atom is 0.155 e. The van der Waals surface area contributed by atoms with Gasteiger partial charge in [0.05, 0.1) is 18.7 Å². The third-order valence-electron chi connectivity index (χ3n) is 2.42. The molecule has 0 atom stereocenters. The van der Waals surface area contributed by atoms with E-state index < -0.39 is 0 Å². The summed E-state index contributed by atoms with van der Waals surface area (Å²) < 4.78 is 0. The van der Waals surface area contributed by atoms with Crippen molar-refractivity contribution < 1.29 is 0 Å². The van der Waals surface area contributed by atoms with E-state index >= 15 is 0 Å². The molecular weight excluding hydrogens is 248 g/mol. The van der Waals surface area contributed by atoms with E-state index in [2.05, 4.69) is 16.0 Å². The van der Waals surface area contributed by atoms with E-state index in [9.17, 15) is 0 Å². The summed E-state index contributed by atoms with van der Waals surface area (Å²) in [6.07, 6.45) is 3.39. The molecule has 0 saturated carbocycles. The normalized spacial score (nSPS) is 9.78. The third-order valence-corrected chi connectivity index (χ3v) is 2.69. The number of rotatable bonds is 4. The van der Waals surface area contributed by atoms with Gasteiger partial charge in [0.25, 0.3) is 0 Å². The zero-order chi connectivity index (χ0) is 12.8. The molecule has 0 N–H and O–H groups in total. The molecule has 0 radical (unpaired) electrons. The molecule has 0 saturated heterocycles. The molecule has 2 aromatic rings. The van der Waals surface area contributed by atoms with Crippen LogP contribution >= 0.6 is 11.6 Å². The Morgan fingerprint density at radius 3 is 2.72 bits per heavy atom. The summed E-state index contributed by atoms with van der Waals surface area (Å²) in [5, 5.41) is 9.21. The molecule has 0 fully saturated rings. The van der Waals surface area contributed by atoms with E-state index in [1.54, 1.807) is 6.20 Å². The maximum atomic E-state index is 8.74. The van der Waals surface area contributed by atoms with E-state index in [1.165, 1.54) is 6.33 Å². The van der Waals surface area contributed by atoms with Crippen molar-refractivity contribution in [2.24, 2.45) is 0 Å². The summed E-state index contributed by atoms with van der Waals surface area (Å²) >= 11 is 6.10. The van der Waals surface area contributed by atoms with Crippen LogP contribution in [0.25, 0.3) is 0 Å². The number of anilines is 2. The standard InChI is InChI=1S/C13H11ClN4/c14-12-9-16-10-17-13(12)18(8-4-7-15)11-5-2-1-3-6-11/h1-3,5-6,9-10H,4,8H2. The Balaban J connectivity index is 2.38. The first-order chi connectivity index (χ1) is 8.83. The molecule has 5 heteroatoms. The van der Waals surface area contributed by atoms with Gasteiger partial charge in [0.15, 0.2) is 5.82 Å². The minimum absolute atomic E-state index is 0.398. The summed E-state index contributed by atoms with van der Waals surface area (Å²) in [6.45, 7) is 0.539. The molecule has 1 aromatic carbocycles. The minimum Gasteiger partial charge on any atom is -0.324 e. The fraction of sp³-hybridized carbons (Fsp3) is 0.154. The van der Waals surface area contributed by atoms with Gasteiger partial charge < -0.3 is 4.90 Å². The molecule has 0 spiro atoms. The molecule has 0 unspecified atom stereocenters. The van der Waals surface area contributed by atoms with Gasteiger partial charge in [-0.15, -0.1) is 0 Å². The highest BCUT2D eigenvalue weighted by atomic mass is 35.5. The Kier molecular flexibility index (Phi) is 4.11. The first-order valence-corrected chi connectivity index (χ1v) is 5.86. The summed E-state index contributed by atoms with van der Waals surface area (Å²) in [6, 6.07) is 11.8. The highest BCUT2D eigenvalue weighted by Crippen LogP contribution is 2.28. The number of aromatic nitrogens is 2. The number of benzene rings is 1. The Bertz CT molecular complexity index is 550. The molecule has 0 bridgehead atoms. The second kappa shape index (κ2) is 5.99. The van der Waals surface area contributed by atoms with Crippen LogP contribution in [0.4, 0.5) is 11.5 Å². The molecule has 2 rings (SSSR count). The molecule has 4 nitrogen and oxygen atoms in total. The molecule has 0 aliphatic carbocycles. The van der Waals surface area contributed by atoms with Crippen molar-refractivity contribution in [1.29, 1.82) is 5.26 Å². The van der Waals surface area contributed by atoms with Crippen LogP contribution in [0.15, 0.2) is 42.9 Å². The van der Waals surface area contributed by atoms with E-state index in [0.29, 0.717) is 23.8 Å². The van der Waals surface area contributed by atoms with Gasteiger partial charge in [-0.2, -0.15) is 5.26 Å². The largest absolute Gasteiger partial charge is 0.324 e. The Hall–Kier alpha value is -2.12. The smallest absolute Gasteiger partial charge is 0.155 e. The second-order valence-corrected chi connectivity index (χ2v) is 4.00. The van der Waals surface area contributed by atoms with Crippen LogP contribution < -0.4 is 4.90 Å². The van der Waals surface area contributed by atoms with Gasteiger partial charge in [0, 0.05) is 12.2 Å². The average molecular weight is 259 g/mol. The summed E-state index contributed by atoms with van der Waals surface area (Å²) in [4.78, 5) is 9.96. The zero-order valence-corrected chi connectivity index (χ0v) is 10.4. The van der Waals surface area contributed by atoms with Gasteiger partial charge in [-0.25, -0.2) is 9.97 Å².